The van der Waals surface area contributed by atoms with Crippen LogP contribution in [0.2, 0.25) is 5.02 Å². The molecule has 0 fully saturated rings. The first-order valence-electron chi connectivity index (χ1n) is 9.88. The highest BCUT2D eigenvalue weighted by atomic mass is 35.5. The van der Waals surface area contributed by atoms with Crippen LogP contribution in [0.25, 0.3) is 0 Å². The first-order valence-corrected chi connectivity index (χ1v) is 10.3. The van der Waals surface area contributed by atoms with Crippen LogP contribution in [0.1, 0.15) is 52.6 Å². The first kappa shape index (κ1) is 23.0. The van der Waals surface area contributed by atoms with Crippen LogP contribution in [0.15, 0.2) is 71.8 Å². The number of phenolic OH excluding ortho intramolecular Hbond substituents is 1. The lowest BCUT2D eigenvalue weighted by Gasteiger charge is -2.18. The second-order valence-corrected chi connectivity index (χ2v) is 8.58. The molecule has 0 aliphatic carbocycles. The summed E-state index contributed by atoms with van der Waals surface area (Å²) in [6.07, 6.45) is 1.43. The van der Waals surface area contributed by atoms with Crippen molar-refractivity contribution in [2.45, 2.75) is 26.2 Å². The summed E-state index contributed by atoms with van der Waals surface area (Å²) in [5, 5.41) is 13.9. The van der Waals surface area contributed by atoms with E-state index in [2.05, 4.69) is 31.3 Å². The van der Waals surface area contributed by atoms with Gasteiger partial charge in [0.05, 0.1) is 17.3 Å². The molecule has 0 aliphatic heterocycles. The highest BCUT2D eigenvalue weighted by Crippen LogP contribution is 2.23. The molecule has 1 amide bonds. The highest BCUT2D eigenvalue weighted by molar-refractivity contribution is 6.31. The van der Waals surface area contributed by atoms with E-state index in [0.29, 0.717) is 21.9 Å². The van der Waals surface area contributed by atoms with E-state index < -0.39 is 11.9 Å². The number of hydrogen-bond donors (Lipinski definition) is 2. The van der Waals surface area contributed by atoms with E-state index in [4.69, 9.17) is 16.3 Å². The van der Waals surface area contributed by atoms with Crippen molar-refractivity contribution in [3.8, 4) is 11.5 Å². The van der Waals surface area contributed by atoms with Crippen LogP contribution < -0.4 is 10.2 Å². The van der Waals surface area contributed by atoms with Crippen molar-refractivity contribution in [1.29, 1.82) is 0 Å². The Morgan fingerprint density at radius 2 is 1.66 bits per heavy atom. The van der Waals surface area contributed by atoms with Crippen LogP contribution in [0.5, 0.6) is 11.5 Å². The summed E-state index contributed by atoms with van der Waals surface area (Å²) < 4.78 is 5.41. The molecule has 0 aromatic heterocycles. The summed E-state index contributed by atoms with van der Waals surface area (Å²) in [4.78, 5) is 24.5. The van der Waals surface area contributed by atoms with Gasteiger partial charge in [0, 0.05) is 5.02 Å². The summed E-state index contributed by atoms with van der Waals surface area (Å²) >= 11 is 5.84. The van der Waals surface area contributed by atoms with Crippen LogP contribution in [0.3, 0.4) is 0 Å². The monoisotopic (exact) mass is 450 g/mol. The van der Waals surface area contributed by atoms with Gasteiger partial charge in [0.15, 0.2) is 0 Å². The summed E-state index contributed by atoms with van der Waals surface area (Å²) in [5.41, 5.74) is 4.63. The first-order chi connectivity index (χ1) is 15.1. The zero-order valence-corrected chi connectivity index (χ0v) is 18.7. The van der Waals surface area contributed by atoms with Gasteiger partial charge < -0.3 is 9.84 Å². The number of nitrogens with zero attached hydrogens (tertiary/aromatic N) is 1. The lowest BCUT2D eigenvalue weighted by Crippen LogP contribution is -2.17. The van der Waals surface area contributed by atoms with Crippen LogP contribution in [0.4, 0.5) is 0 Å². The number of esters is 1. The Kier molecular flexibility index (Phi) is 6.95. The highest BCUT2D eigenvalue weighted by Gasteiger charge is 2.15. The van der Waals surface area contributed by atoms with Crippen LogP contribution in [-0.2, 0) is 5.41 Å². The molecule has 0 heterocycles. The molecule has 0 unspecified atom stereocenters. The number of aromatic hydroxyl groups is 1. The Labute approximate surface area is 191 Å². The Hall–Kier alpha value is -3.64. The number of benzene rings is 3. The minimum atomic E-state index is -0.593. The van der Waals surface area contributed by atoms with Crippen molar-refractivity contribution in [3.63, 3.8) is 0 Å². The Morgan fingerprint density at radius 1 is 1.00 bits per heavy atom. The Balaban J connectivity index is 1.58. The zero-order valence-electron chi connectivity index (χ0n) is 17.9. The SMILES string of the molecule is CC(C)(C)c1ccc(C(=O)Oc2ccc(/C=N/NC(=O)c3cc(Cl)ccc3O)cc2)cc1. The molecule has 0 bridgehead atoms. The van der Waals surface area contributed by atoms with E-state index in [1.165, 1.54) is 24.4 Å². The van der Waals surface area contributed by atoms with Gasteiger partial charge in [-0.15, -0.1) is 0 Å². The van der Waals surface area contributed by atoms with E-state index in [1.54, 1.807) is 36.4 Å². The van der Waals surface area contributed by atoms with Crippen LogP contribution in [-0.4, -0.2) is 23.2 Å². The smallest absolute Gasteiger partial charge is 0.343 e. The normalized spacial score (nSPS) is 11.4. The van der Waals surface area contributed by atoms with Gasteiger partial charge in [0.25, 0.3) is 5.91 Å². The predicted octanol–water partition coefficient (Wildman–Crippen LogP) is 5.33. The second kappa shape index (κ2) is 9.66. The number of carbonyl (C=O) groups excluding carboxylic acids is 2. The maximum Gasteiger partial charge on any atom is 0.343 e. The lowest BCUT2D eigenvalue weighted by molar-refractivity contribution is 0.0734. The van der Waals surface area contributed by atoms with Gasteiger partial charge in [-0.3, -0.25) is 4.79 Å². The van der Waals surface area contributed by atoms with Gasteiger partial charge in [0.1, 0.15) is 11.5 Å². The third kappa shape index (κ3) is 5.95. The van der Waals surface area contributed by atoms with Gasteiger partial charge in [-0.25, -0.2) is 10.2 Å². The molecule has 2 N–H and O–H groups in total. The Morgan fingerprint density at radius 3 is 2.28 bits per heavy atom. The molecule has 6 nitrogen and oxygen atoms in total. The number of carbonyl (C=O) groups is 2. The number of phenols is 1. The molecule has 0 saturated carbocycles. The third-order valence-electron chi connectivity index (χ3n) is 4.66. The van der Waals surface area contributed by atoms with Gasteiger partial charge in [-0.1, -0.05) is 44.5 Å². The van der Waals surface area contributed by atoms with E-state index in [-0.39, 0.29) is 16.7 Å². The van der Waals surface area contributed by atoms with Crippen LogP contribution in [0, 0.1) is 0 Å². The summed E-state index contributed by atoms with van der Waals surface area (Å²) in [7, 11) is 0. The average molecular weight is 451 g/mol. The third-order valence-corrected chi connectivity index (χ3v) is 4.90. The molecule has 164 valence electrons. The molecule has 7 heteroatoms. The molecule has 32 heavy (non-hydrogen) atoms. The van der Waals surface area contributed by atoms with Crippen molar-refractivity contribution in [2.24, 2.45) is 5.10 Å². The molecule has 0 atom stereocenters. The van der Waals surface area contributed by atoms with Gasteiger partial charge in [-0.05, 0) is 71.1 Å². The fourth-order valence-corrected chi connectivity index (χ4v) is 2.98. The minimum absolute atomic E-state index is 0.00776. The van der Waals surface area contributed by atoms with Gasteiger partial charge in [-0.2, -0.15) is 5.10 Å². The second-order valence-electron chi connectivity index (χ2n) is 8.15. The van der Waals surface area contributed by atoms with E-state index >= 15 is 0 Å². The molecule has 0 saturated heterocycles. The predicted molar refractivity (Wildman–Crippen MR) is 125 cm³/mol. The Bertz CT molecular complexity index is 1150. The molecule has 0 aliphatic rings. The van der Waals surface area contributed by atoms with E-state index in [0.717, 1.165) is 5.56 Å². The largest absolute Gasteiger partial charge is 0.507 e. The number of halogens is 1. The minimum Gasteiger partial charge on any atom is -0.507 e. The van der Waals surface area contributed by atoms with Crippen molar-refractivity contribution >= 4 is 29.7 Å². The number of ether oxygens (including phenoxy) is 1. The maximum atomic E-state index is 12.4. The van der Waals surface area contributed by atoms with Crippen molar-refractivity contribution < 1.29 is 19.4 Å². The molecule has 3 aromatic rings. The number of amides is 1. The van der Waals surface area contributed by atoms with Gasteiger partial charge in [0.2, 0.25) is 0 Å². The molecular weight excluding hydrogens is 428 g/mol. The van der Waals surface area contributed by atoms with Crippen LogP contribution >= 0.6 is 11.6 Å². The standard InChI is InChI=1S/C25H23ClN2O4/c1-25(2,3)18-8-6-17(7-9-18)24(31)32-20-11-4-16(5-12-20)15-27-28-23(30)21-14-19(26)10-13-22(21)29/h4-15,29H,1-3H3,(H,28,30)/b27-15+. The number of nitrogens with one attached hydrogen (secondary N) is 1. The lowest BCUT2D eigenvalue weighted by atomic mass is 9.87. The topological polar surface area (TPSA) is 88.0 Å². The fraction of sp³-hybridized carbons (Fsp3) is 0.160. The molecule has 3 rings (SSSR count). The van der Waals surface area contributed by atoms with E-state index in [1.807, 2.05) is 12.1 Å². The molecular formula is C25H23ClN2O4. The van der Waals surface area contributed by atoms with Crippen molar-refractivity contribution in [3.05, 3.63) is 94.0 Å². The molecule has 3 aromatic carbocycles. The fourth-order valence-electron chi connectivity index (χ4n) is 2.81. The summed E-state index contributed by atoms with van der Waals surface area (Å²) in [5.74, 6) is -0.842. The number of hydrogen-bond acceptors (Lipinski definition) is 5. The zero-order chi connectivity index (χ0) is 23.3. The van der Waals surface area contributed by atoms with Crippen molar-refractivity contribution in [2.75, 3.05) is 0 Å². The van der Waals surface area contributed by atoms with Gasteiger partial charge >= 0.3 is 5.97 Å². The number of hydrazone groups is 1. The summed E-state index contributed by atoms with van der Waals surface area (Å²) in [6, 6.07) is 18.2. The molecule has 0 radical (unpaired) electrons. The average Bonchev–Trinajstić information content (AvgIpc) is 2.76. The van der Waals surface area contributed by atoms with Crippen molar-refractivity contribution in [1.82, 2.24) is 5.43 Å². The maximum absolute atomic E-state index is 12.4. The van der Waals surface area contributed by atoms with E-state index in [9.17, 15) is 14.7 Å². The summed E-state index contributed by atoms with van der Waals surface area (Å²) in [6.45, 7) is 6.33. The molecule has 0 spiro atoms. The number of rotatable bonds is 5. The quantitative estimate of drug-likeness (QED) is 0.238.